The van der Waals surface area contributed by atoms with Crippen molar-refractivity contribution in [3.05, 3.63) is 53.5 Å². The number of nitrogens with zero attached hydrogens (tertiary/aromatic N) is 1. The highest BCUT2D eigenvalue weighted by molar-refractivity contribution is 6.11. The van der Waals surface area contributed by atoms with Crippen LogP contribution < -0.4 is 16.2 Å². The number of carbonyl (C=O) groups is 1. The van der Waals surface area contributed by atoms with Gasteiger partial charge < -0.3 is 26.1 Å². The number of carbonyl (C=O) groups excluding carboxylic acids is 1. The standard InChI is InChI=1S/C22H25FN4O2.ClH/c1-29-16-5-6-17-13(9-16)11-27(12-15(25)3-2-8-24)22(28)21-20(17)18-10-14(23)4-7-19(18)26-21;/h4-7,9-10,15,26H,2-3,8,11-12,24-25H2,1H3;1H/t15-;/m0./s1. The van der Waals surface area contributed by atoms with E-state index in [4.69, 9.17) is 16.2 Å². The maximum atomic E-state index is 14.0. The molecular formula is C22H26ClFN4O2. The monoisotopic (exact) mass is 432 g/mol. The van der Waals surface area contributed by atoms with Crippen LogP contribution in [0.5, 0.6) is 5.75 Å². The van der Waals surface area contributed by atoms with Crippen molar-refractivity contribution in [1.29, 1.82) is 0 Å². The van der Waals surface area contributed by atoms with E-state index in [1.807, 2.05) is 18.2 Å². The van der Waals surface area contributed by atoms with Gasteiger partial charge in [0, 0.05) is 35.6 Å². The minimum absolute atomic E-state index is 0. The second-order valence-corrected chi connectivity index (χ2v) is 7.46. The first-order chi connectivity index (χ1) is 14.0. The zero-order chi connectivity index (χ0) is 20.5. The number of methoxy groups -OCH3 is 1. The largest absolute Gasteiger partial charge is 0.497 e. The van der Waals surface area contributed by atoms with Gasteiger partial charge in [0.15, 0.2) is 0 Å². The topological polar surface area (TPSA) is 97.4 Å². The van der Waals surface area contributed by atoms with E-state index in [1.54, 1.807) is 18.1 Å². The molecule has 0 saturated heterocycles. The summed E-state index contributed by atoms with van der Waals surface area (Å²) in [5, 5.41) is 0.689. The number of aromatic amines is 1. The lowest BCUT2D eigenvalue weighted by atomic mass is 9.97. The van der Waals surface area contributed by atoms with E-state index < -0.39 is 0 Å². The molecule has 1 aromatic heterocycles. The number of hydrogen-bond acceptors (Lipinski definition) is 4. The Hall–Kier alpha value is -2.61. The molecule has 0 saturated carbocycles. The molecule has 0 radical (unpaired) electrons. The molecule has 0 aliphatic carbocycles. The lowest BCUT2D eigenvalue weighted by Crippen LogP contribution is -2.40. The SMILES string of the molecule is COc1ccc2c(c1)CN(C[C@@H](N)CCCN)C(=O)c1[nH]c3ccc(F)cc3c1-2.Cl. The molecule has 1 atom stereocenters. The van der Waals surface area contributed by atoms with Crippen LogP contribution >= 0.6 is 12.4 Å². The van der Waals surface area contributed by atoms with Crippen LogP contribution in [-0.2, 0) is 6.54 Å². The predicted molar refractivity (Wildman–Crippen MR) is 118 cm³/mol. The summed E-state index contributed by atoms with van der Waals surface area (Å²) >= 11 is 0. The highest BCUT2D eigenvalue weighted by Gasteiger charge is 2.30. The number of nitrogens with one attached hydrogen (secondary N) is 1. The molecule has 4 rings (SSSR count). The molecule has 30 heavy (non-hydrogen) atoms. The second-order valence-electron chi connectivity index (χ2n) is 7.46. The Balaban J connectivity index is 0.00000256. The summed E-state index contributed by atoms with van der Waals surface area (Å²) in [5.41, 5.74) is 15.6. The number of halogens is 2. The van der Waals surface area contributed by atoms with Gasteiger partial charge in [-0.15, -0.1) is 12.4 Å². The summed E-state index contributed by atoms with van der Waals surface area (Å²) in [6.45, 7) is 1.39. The van der Waals surface area contributed by atoms with Crippen LogP contribution in [-0.4, -0.2) is 42.0 Å². The van der Waals surface area contributed by atoms with Crippen molar-refractivity contribution < 1.29 is 13.9 Å². The van der Waals surface area contributed by atoms with Crippen LogP contribution in [0.15, 0.2) is 36.4 Å². The van der Waals surface area contributed by atoms with E-state index >= 15 is 0 Å². The minimum Gasteiger partial charge on any atom is -0.497 e. The van der Waals surface area contributed by atoms with Gasteiger partial charge in [0.25, 0.3) is 5.91 Å². The number of fused-ring (bicyclic) bond motifs is 5. The van der Waals surface area contributed by atoms with Gasteiger partial charge in [-0.1, -0.05) is 6.07 Å². The summed E-state index contributed by atoms with van der Waals surface area (Å²) in [6.07, 6.45) is 1.56. The van der Waals surface area contributed by atoms with Gasteiger partial charge in [-0.25, -0.2) is 4.39 Å². The molecule has 2 heterocycles. The molecule has 0 bridgehead atoms. The zero-order valence-corrected chi connectivity index (χ0v) is 17.6. The summed E-state index contributed by atoms with van der Waals surface area (Å²) in [5.74, 6) is 0.222. The van der Waals surface area contributed by atoms with Gasteiger partial charge >= 0.3 is 0 Å². The quantitative estimate of drug-likeness (QED) is 0.555. The number of ether oxygens (including phenoxy) is 1. The van der Waals surface area contributed by atoms with E-state index in [0.29, 0.717) is 36.5 Å². The maximum Gasteiger partial charge on any atom is 0.271 e. The van der Waals surface area contributed by atoms with Crippen molar-refractivity contribution in [2.45, 2.75) is 25.4 Å². The van der Waals surface area contributed by atoms with Crippen molar-refractivity contribution in [2.24, 2.45) is 11.5 Å². The third kappa shape index (κ3) is 4.01. The van der Waals surface area contributed by atoms with E-state index in [1.165, 1.54) is 12.1 Å². The van der Waals surface area contributed by atoms with E-state index in [0.717, 1.165) is 35.0 Å². The smallest absolute Gasteiger partial charge is 0.271 e. The van der Waals surface area contributed by atoms with E-state index in [-0.39, 0.29) is 30.2 Å². The molecular weight excluding hydrogens is 407 g/mol. The number of amides is 1. The van der Waals surface area contributed by atoms with Crippen molar-refractivity contribution in [1.82, 2.24) is 9.88 Å². The van der Waals surface area contributed by atoms with Crippen LogP contribution in [0.3, 0.4) is 0 Å². The van der Waals surface area contributed by atoms with Crippen LogP contribution in [0.4, 0.5) is 4.39 Å². The molecule has 6 nitrogen and oxygen atoms in total. The fourth-order valence-electron chi connectivity index (χ4n) is 4.01. The number of nitrogens with two attached hydrogens (primary N) is 2. The predicted octanol–water partition coefficient (Wildman–Crippen LogP) is 3.43. The maximum absolute atomic E-state index is 14.0. The van der Waals surface area contributed by atoms with Crippen LogP contribution in [0, 0.1) is 5.82 Å². The summed E-state index contributed by atoms with van der Waals surface area (Å²) in [6, 6.07) is 10.1. The number of H-pyrrole nitrogens is 1. The first kappa shape index (κ1) is 22.1. The molecule has 0 unspecified atom stereocenters. The Morgan fingerprint density at radius 3 is 2.80 bits per heavy atom. The molecule has 1 aliphatic rings. The van der Waals surface area contributed by atoms with Crippen LogP contribution in [0.25, 0.3) is 22.0 Å². The fourth-order valence-corrected chi connectivity index (χ4v) is 4.01. The van der Waals surface area contributed by atoms with E-state index in [2.05, 4.69) is 4.98 Å². The summed E-state index contributed by atoms with van der Waals surface area (Å²) < 4.78 is 19.4. The molecule has 160 valence electrons. The lowest BCUT2D eigenvalue weighted by Gasteiger charge is -2.25. The van der Waals surface area contributed by atoms with Gasteiger partial charge in [0.1, 0.15) is 17.3 Å². The number of aromatic nitrogens is 1. The highest BCUT2D eigenvalue weighted by atomic mass is 35.5. The van der Waals surface area contributed by atoms with Gasteiger partial charge in [0.05, 0.1) is 7.11 Å². The van der Waals surface area contributed by atoms with Gasteiger partial charge in [0.2, 0.25) is 0 Å². The van der Waals surface area contributed by atoms with Crippen molar-refractivity contribution in [3.8, 4) is 16.9 Å². The van der Waals surface area contributed by atoms with Gasteiger partial charge in [-0.2, -0.15) is 0 Å². The number of rotatable bonds is 6. The minimum atomic E-state index is -0.341. The second kappa shape index (κ2) is 9.04. The third-order valence-electron chi connectivity index (χ3n) is 5.44. The molecule has 0 spiro atoms. The van der Waals surface area contributed by atoms with Crippen molar-refractivity contribution in [3.63, 3.8) is 0 Å². The van der Waals surface area contributed by atoms with Crippen molar-refractivity contribution in [2.75, 3.05) is 20.2 Å². The number of hydrogen-bond donors (Lipinski definition) is 3. The zero-order valence-electron chi connectivity index (χ0n) is 16.8. The number of benzene rings is 2. The summed E-state index contributed by atoms with van der Waals surface area (Å²) in [4.78, 5) is 18.4. The molecule has 5 N–H and O–H groups in total. The van der Waals surface area contributed by atoms with Crippen LogP contribution in [0.2, 0.25) is 0 Å². The molecule has 1 amide bonds. The Bertz CT molecular complexity index is 1070. The first-order valence-electron chi connectivity index (χ1n) is 9.75. The molecule has 3 aromatic rings. The summed E-state index contributed by atoms with van der Waals surface area (Å²) in [7, 11) is 1.61. The van der Waals surface area contributed by atoms with Gasteiger partial charge in [-0.05, 0) is 60.8 Å². The van der Waals surface area contributed by atoms with Gasteiger partial charge in [-0.3, -0.25) is 4.79 Å². The molecule has 0 fully saturated rings. The fraction of sp³-hybridized carbons (Fsp3) is 0.318. The molecule has 1 aliphatic heterocycles. The van der Waals surface area contributed by atoms with Crippen molar-refractivity contribution >= 4 is 29.2 Å². The molecule has 8 heteroatoms. The highest BCUT2D eigenvalue weighted by Crippen LogP contribution is 2.39. The average Bonchev–Trinajstić information content (AvgIpc) is 3.04. The third-order valence-corrected chi connectivity index (χ3v) is 5.44. The molecule has 2 aromatic carbocycles. The first-order valence-corrected chi connectivity index (χ1v) is 9.75. The lowest BCUT2D eigenvalue weighted by molar-refractivity contribution is 0.0729. The normalized spacial score (nSPS) is 14.0. The van der Waals surface area contributed by atoms with E-state index in [9.17, 15) is 9.18 Å². The van der Waals surface area contributed by atoms with Crippen LogP contribution in [0.1, 0.15) is 28.9 Å². The Morgan fingerprint density at radius 2 is 2.07 bits per heavy atom. The average molecular weight is 433 g/mol. The Morgan fingerprint density at radius 1 is 1.27 bits per heavy atom. The Kier molecular flexibility index (Phi) is 6.65. The Labute approximate surface area is 180 Å².